The highest BCUT2D eigenvalue weighted by Crippen LogP contribution is 2.20. The van der Waals surface area contributed by atoms with Crippen molar-refractivity contribution < 1.29 is 0 Å². The van der Waals surface area contributed by atoms with E-state index in [1.165, 1.54) is 38.9 Å². The lowest BCUT2D eigenvalue weighted by Gasteiger charge is -2.37. The van der Waals surface area contributed by atoms with E-state index in [-0.39, 0.29) is 0 Å². The lowest BCUT2D eigenvalue weighted by molar-refractivity contribution is 0.135. The smallest absolute Gasteiger partial charge is 0.0194 e. The van der Waals surface area contributed by atoms with Crippen molar-refractivity contribution in [3.05, 3.63) is 0 Å². The molecule has 4 N–H and O–H groups in total. The topological polar surface area (TPSA) is 58.5 Å². The highest BCUT2D eigenvalue weighted by molar-refractivity contribution is 4.84. The van der Waals surface area contributed by atoms with E-state index in [0.29, 0.717) is 18.0 Å². The predicted molar refractivity (Wildman–Crippen MR) is 76.4 cm³/mol. The number of nitrogens with zero attached hydrogens (tertiary/aromatic N) is 2. The summed E-state index contributed by atoms with van der Waals surface area (Å²) in [4.78, 5) is 4.97. The molecule has 106 valence electrons. The summed E-state index contributed by atoms with van der Waals surface area (Å²) in [6.45, 7) is 8.02. The Morgan fingerprint density at radius 2 is 1.83 bits per heavy atom. The molecule has 18 heavy (non-hydrogen) atoms. The second-order valence-electron chi connectivity index (χ2n) is 6.61. The Kier molecular flexibility index (Phi) is 5.01. The van der Waals surface area contributed by atoms with Gasteiger partial charge in [-0.1, -0.05) is 6.92 Å². The number of hydrogen-bond donors (Lipinski definition) is 2. The van der Waals surface area contributed by atoms with E-state index in [9.17, 15) is 0 Å². The molecule has 2 heterocycles. The van der Waals surface area contributed by atoms with Crippen molar-refractivity contribution in [2.75, 3.05) is 39.8 Å². The van der Waals surface area contributed by atoms with Crippen LogP contribution in [0.15, 0.2) is 0 Å². The summed E-state index contributed by atoms with van der Waals surface area (Å²) in [6.07, 6.45) is 3.70. The highest BCUT2D eigenvalue weighted by atomic mass is 15.2. The van der Waals surface area contributed by atoms with Gasteiger partial charge in [0.1, 0.15) is 0 Å². The Balaban J connectivity index is 1.81. The largest absolute Gasteiger partial charge is 0.327 e. The van der Waals surface area contributed by atoms with E-state index in [4.69, 9.17) is 11.5 Å². The van der Waals surface area contributed by atoms with Crippen LogP contribution in [0, 0.1) is 11.8 Å². The molecule has 4 nitrogen and oxygen atoms in total. The van der Waals surface area contributed by atoms with Gasteiger partial charge in [-0.05, 0) is 44.7 Å². The van der Waals surface area contributed by atoms with Gasteiger partial charge >= 0.3 is 0 Å². The minimum absolute atomic E-state index is 0.364. The Morgan fingerprint density at radius 3 is 2.56 bits per heavy atom. The number of hydrogen-bond acceptors (Lipinski definition) is 4. The first-order valence-corrected chi connectivity index (χ1v) is 7.46. The van der Waals surface area contributed by atoms with E-state index < -0.39 is 0 Å². The van der Waals surface area contributed by atoms with E-state index in [0.717, 1.165) is 19.0 Å². The SMILES string of the molecule is C[C@@H]1CCN(CC2CC[C@@H](N)CN(C)C2)C[C@@H]1N. The van der Waals surface area contributed by atoms with Crippen LogP contribution in [0.5, 0.6) is 0 Å². The fourth-order valence-electron chi connectivity index (χ4n) is 3.40. The molecule has 0 amide bonds. The first kappa shape index (κ1) is 14.3. The normalized spacial score (nSPS) is 40.7. The van der Waals surface area contributed by atoms with Crippen LogP contribution in [0.2, 0.25) is 0 Å². The summed E-state index contributed by atoms with van der Waals surface area (Å²) in [6, 6.07) is 0.730. The summed E-state index contributed by atoms with van der Waals surface area (Å²) >= 11 is 0. The molecule has 2 fully saturated rings. The second-order valence-corrected chi connectivity index (χ2v) is 6.61. The van der Waals surface area contributed by atoms with Crippen molar-refractivity contribution in [2.24, 2.45) is 23.3 Å². The first-order chi connectivity index (χ1) is 8.54. The molecule has 2 aliphatic rings. The Morgan fingerprint density at radius 1 is 1.06 bits per heavy atom. The van der Waals surface area contributed by atoms with Gasteiger partial charge in [0.15, 0.2) is 0 Å². The highest BCUT2D eigenvalue weighted by Gasteiger charge is 2.26. The van der Waals surface area contributed by atoms with E-state index in [1.54, 1.807) is 0 Å². The molecule has 2 saturated heterocycles. The second kappa shape index (κ2) is 6.33. The predicted octanol–water partition coefficient (Wildman–Crippen LogP) is 0.325. The fraction of sp³-hybridized carbons (Fsp3) is 1.00. The van der Waals surface area contributed by atoms with Crippen LogP contribution in [-0.4, -0.2) is 61.7 Å². The van der Waals surface area contributed by atoms with Crippen LogP contribution in [0.25, 0.3) is 0 Å². The molecule has 0 saturated carbocycles. The number of likely N-dealkylation sites (N-methyl/N-ethyl adjacent to an activating group) is 1. The van der Waals surface area contributed by atoms with Crippen molar-refractivity contribution >= 4 is 0 Å². The molecule has 0 radical (unpaired) electrons. The lowest BCUT2D eigenvalue weighted by Crippen LogP contribution is -2.49. The first-order valence-electron chi connectivity index (χ1n) is 7.46. The molecule has 0 spiro atoms. The van der Waals surface area contributed by atoms with Gasteiger partial charge in [0.2, 0.25) is 0 Å². The van der Waals surface area contributed by atoms with E-state index in [1.807, 2.05) is 0 Å². The van der Waals surface area contributed by atoms with Crippen LogP contribution < -0.4 is 11.5 Å². The Labute approximate surface area is 112 Å². The van der Waals surface area contributed by atoms with Crippen molar-refractivity contribution in [3.8, 4) is 0 Å². The fourth-order valence-corrected chi connectivity index (χ4v) is 3.40. The number of rotatable bonds is 2. The van der Waals surface area contributed by atoms with Gasteiger partial charge in [-0.2, -0.15) is 0 Å². The third kappa shape index (κ3) is 3.92. The number of piperidine rings is 1. The standard InChI is InChI=1S/C14H30N4/c1-11-5-6-18(10-14(11)16)8-12-3-4-13(15)9-17(2)7-12/h11-14H,3-10,15-16H2,1-2H3/t11-,12?,13-,14+/m1/s1. The van der Waals surface area contributed by atoms with Crippen molar-refractivity contribution in [2.45, 2.75) is 38.3 Å². The molecule has 4 atom stereocenters. The van der Waals surface area contributed by atoms with Gasteiger partial charge in [-0.3, -0.25) is 0 Å². The Bertz CT molecular complexity index is 258. The van der Waals surface area contributed by atoms with Crippen LogP contribution in [0.1, 0.15) is 26.2 Å². The van der Waals surface area contributed by atoms with Gasteiger partial charge in [0, 0.05) is 38.3 Å². The summed E-state index contributed by atoms with van der Waals surface area (Å²) < 4.78 is 0. The third-order valence-corrected chi connectivity index (χ3v) is 4.68. The van der Waals surface area contributed by atoms with Crippen LogP contribution in [-0.2, 0) is 0 Å². The minimum Gasteiger partial charge on any atom is -0.327 e. The van der Waals surface area contributed by atoms with Gasteiger partial charge in [-0.15, -0.1) is 0 Å². The zero-order valence-electron chi connectivity index (χ0n) is 12.0. The maximum absolute atomic E-state index is 6.18. The number of likely N-dealkylation sites (tertiary alicyclic amines) is 2. The average Bonchev–Trinajstić information content (AvgIpc) is 2.45. The minimum atomic E-state index is 0.364. The molecule has 4 heteroatoms. The summed E-state index contributed by atoms with van der Waals surface area (Å²) in [5, 5.41) is 0. The summed E-state index contributed by atoms with van der Waals surface area (Å²) in [7, 11) is 2.20. The zero-order chi connectivity index (χ0) is 13.1. The number of nitrogens with two attached hydrogens (primary N) is 2. The maximum atomic E-state index is 6.18. The monoisotopic (exact) mass is 254 g/mol. The average molecular weight is 254 g/mol. The van der Waals surface area contributed by atoms with Crippen LogP contribution in [0.4, 0.5) is 0 Å². The van der Waals surface area contributed by atoms with Crippen molar-refractivity contribution in [3.63, 3.8) is 0 Å². The molecule has 0 aromatic heterocycles. The Hall–Kier alpha value is -0.160. The van der Waals surface area contributed by atoms with Crippen LogP contribution >= 0.6 is 0 Å². The summed E-state index contributed by atoms with van der Waals surface area (Å²) in [5.41, 5.74) is 12.3. The maximum Gasteiger partial charge on any atom is 0.0194 e. The molecule has 0 aliphatic carbocycles. The molecule has 1 unspecified atom stereocenters. The van der Waals surface area contributed by atoms with Crippen molar-refractivity contribution in [1.82, 2.24) is 9.80 Å². The summed E-state index contributed by atoms with van der Waals surface area (Å²) in [5.74, 6) is 1.45. The van der Waals surface area contributed by atoms with Gasteiger partial charge < -0.3 is 21.3 Å². The van der Waals surface area contributed by atoms with E-state index >= 15 is 0 Å². The van der Waals surface area contributed by atoms with Crippen molar-refractivity contribution in [1.29, 1.82) is 0 Å². The quantitative estimate of drug-likeness (QED) is 0.745. The lowest BCUT2D eigenvalue weighted by atomic mass is 9.93. The van der Waals surface area contributed by atoms with Crippen LogP contribution in [0.3, 0.4) is 0 Å². The van der Waals surface area contributed by atoms with Gasteiger partial charge in [0.05, 0.1) is 0 Å². The molecule has 0 bridgehead atoms. The zero-order valence-corrected chi connectivity index (χ0v) is 12.0. The molecule has 0 aromatic rings. The van der Waals surface area contributed by atoms with Gasteiger partial charge in [0.25, 0.3) is 0 Å². The third-order valence-electron chi connectivity index (χ3n) is 4.68. The molecule has 2 aliphatic heterocycles. The molecule has 0 aromatic carbocycles. The molecular formula is C14H30N4. The molecular weight excluding hydrogens is 224 g/mol. The molecule has 2 rings (SSSR count). The van der Waals surface area contributed by atoms with E-state index in [2.05, 4.69) is 23.8 Å². The van der Waals surface area contributed by atoms with Gasteiger partial charge in [-0.25, -0.2) is 0 Å².